The standard InChI is InChI=1S/C24H40N4O2.HI/c1-7-17(2)22(29)28-20-12-8-10-18(14-20)15-26-23(25-6)27-16-19-11-9-13-30-21(19)24(3,4)5;/h8,10,12,14,17,19,21H,7,9,11,13,15-16H2,1-6H3,(H,28,29)(H2,25,26,27);1H. The number of guanidine groups is 1. The Labute approximate surface area is 205 Å². The molecule has 0 saturated carbocycles. The van der Waals surface area contributed by atoms with Gasteiger partial charge in [0.2, 0.25) is 5.91 Å². The molecule has 1 fully saturated rings. The van der Waals surface area contributed by atoms with Gasteiger partial charge in [-0.15, -0.1) is 24.0 Å². The van der Waals surface area contributed by atoms with Gasteiger partial charge < -0.3 is 20.7 Å². The highest BCUT2D eigenvalue weighted by atomic mass is 127. The van der Waals surface area contributed by atoms with Gasteiger partial charge >= 0.3 is 0 Å². The van der Waals surface area contributed by atoms with E-state index in [1.165, 1.54) is 6.42 Å². The maximum absolute atomic E-state index is 12.1. The van der Waals surface area contributed by atoms with Gasteiger partial charge in [0.25, 0.3) is 0 Å². The molecule has 1 aromatic rings. The lowest BCUT2D eigenvalue weighted by molar-refractivity contribution is -0.119. The van der Waals surface area contributed by atoms with Crippen LogP contribution in [-0.2, 0) is 16.1 Å². The van der Waals surface area contributed by atoms with Crippen molar-refractivity contribution >= 4 is 41.5 Å². The van der Waals surface area contributed by atoms with Crippen LogP contribution in [0.25, 0.3) is 0 Å². The van der Waals surface area contributed by atoms with Crippen molar-refractivity contribution in [3.05, 3.63) is 29.8 Å². The van der Waals surface area contributed by atoms with Gasteiger partial charge in [-0.3, -0.25) is 9.79 Å². The molecule has 31 heavy (non-hydrogen) atoms. The zero-order valence-electron chi connectivity index (χ0n) is 20.0. The second-order valence-electron chi connectivity index (χ2n) is 9.37. The van der Waals surface area contributed by atoms with E-state index in [-0.39, 0.29) is 47.3 Å². The lowest BCUT2D eigenvalue weighted by Crippen LogP contribution is -2.47. The topological polar surface area (TPSA) is 74.8 Å². The zero-order chi connectivity index (χ0) is 22.1. The Bertz CT molecular complexity index is 718. The smallest absolute Gasteiger partial charge is 0.227 e. The molecule has 0 aromatic heterocycles. The van der Waals surface area contributed by atoms with Crippen molar-refractivity contribution in [2.75, 3.05) is 25.5 Å². The van der Waals surface area contributed by atoms with Gasteiger partial charge in [-0.1, -0.05) is 46.8 Å². The number of amides is 1. The van der Waals surface area contributed by atoms with E-state index in [9.17, 15) is 4.79 Å². The fourth-order valence-corrected chi connectivity index (χ4v) is 3.85. The number of halogens is 1. The van der Waals surface area contributed by atoms with Crippen LogP contribution in [0.1, 0.15) is 59.4 Å². The minimum Gasteiger partial charge on any atom is -0.377 e. The monoisotopic (exact) mass is 544 g/mol. The summed E-state index contributed by atoms with van der Waals surface area (Å²) < 4.78 is 6.09. The van der Waals surface area contributed by atoms with E-state index in [4.69, 9.17) is 4.74 Å². The fourth-order valence-electron chi connectivity index (χ4n) is 3.85. The normalized spacial score (nSPS) is 20.4. The molecule has 1 amide bonds. The molecule has 3 unspecified atom stereocenters. The number of carbonyl (C=O) groups excluding carboxylic acids is 1. The van der Waals surface area contributed by atoms with E-state index >= 15 is 0 Å². The molecule has 1 aliphatic rings. The summed E-state index contributed by atoms with van der Waals surface area (Å²) in [5.41, 5.74) is 2.05. The molecule has 0 radical (unpaired) electrons. The Morgan fingerprint density at radius 1 is 1.29 bits per heavy atom. The third kappa shape index (κ3) is 8.96. The van der Waals surface area contributed by atoms with Crippen LogP contribution in [-0.4, -0.2) is 38.2 Å². The van der Waals surface area contributed by atoms with Gasteiger partial charge in [0.1, 0.15) is 0 Å². The van der Waals surface area contributed by atoms with Crippen molar-refractivity contribution in [1.29, 1.82) is 0 Å². The van der Waals surface area contributed by atoms with Gasteiger partial charge in [-0.25, -0.2) is 0 Å². The van der Waals surface area contributed by atoms with E-state index < -0.39 is 0 Å². The second kappa shape index (κ2) is 13.3. The molecule has 0 aliphatic carbocycles. The summed E-state index contributed by atoms with van der Waals surface area (Å²) >= 11 is 0. The van der Waals surface area contributed by atoms with E-state index in [2.05, 4.69) is 41.7 Å². The molecule has 6 nitrogen and oxygen atoms in total. The number of ether oxygens (including phenoxy) is 1. The van der Waals surface area contributed by atoms with E-state index in [1.807, 2.05) is 38.1 Å². The van der Waals surface area contributed by atoms with Gasteiger partial charge in [0.15, 0.2) is 5.96 Å². The van der Waals surface area contributed by atoms with Gasteiger partial charge in [-0.2, -0.15) is 0 Å². The van der Waals surface area contributed by atoms with Crippen LogP contribution in [0.2, 0.25) is 0 Å². The predicted molar refractivity (Wildman–Crippen MR) is 140 cm³/mol. The number of rotatable bonds is 7. The SMILES string of the molecule is CCC(C)C(=O)Nc1cccc(CNC(=NC)NCC2CCCOC2C(C)(C)C)c1.I. The van der Waals surface area contributed by atoms with Crippen LogP contribution in [0.5, 0.6) is 0 Å². The van der Waals surface area contributed by atoms with E-state index in [0.29, 0.717) is 12.5 Å². The number of nitrogens with one attached hydrogen (secondary N) is 3. The van der Waals surface area contributed by atoms with Crippen molar-refractivity contribution < 1.29 is 9.53 Å². The van der Waals surface area contributed by atoms with Crippen LogP contribution in [0.15, 0.2) is 29.3 Å². The Morgan fingerprint density at radius 3 is 2.68 bits per heavy atom. The summed E-state index contributed by atoms with van der Waals surface area (Å²) in [4.78, 5) is 16.5. The molecular formula is C24H41IN4O2. The molecule has 1 heterocycles. The van der Waals surface area contributed by atoms with E-state index in [0.717, 1.165) is 43.2 Å². The van der Waals surface area contributed by atoms with Crippen LogP contribution in [0.4, 0.5) is 5.69 Å². The molecule has 1 aliphatic heterocycles. The lowest BCUT2D eigenvalue weighted by atomic mass is 9.78. The third-order valence-corrected chi connectivity index (χ3v) is 5.77. The fraction of sp³-hybridized carbons (Fsp3) is 0.667. The Morgan fingerprint density at radius 2 is 2.03 bits per heavy atom. The van der Waals surface area contributed by atoms with Gasteiger partial charge in [-0.05, 0) is 42.4 Å². The minimum absolute atomic E-state index is 0. The quantitative estimate of drug-likeness (QED) is 0.262. The van der Waals surface area contributed by atoms with Crippen LogP contribution in [0, 0.1) is 17.3 Å². The van der Waals surface area contributed by atoms with Gasteiger partial charge in [0.05, 0.1) is 6.10 Å². The zero-order valence-corrected chi connectivity index (χ0v) is 22.3. The maximum atomic E-state index is 12.1. The first-order valence-electron chi connectivity index (χ1n) is 11.2. The summed E-state index contributed by atoms with van der Waals surface area (Å²) in [7, 11) is 1.79. The number of aliphatic imine (C=N–C) groups is 1. The lowest BCUT2D eigenvalue weighted by Gasteiger charge is -2.40. The molecule has 1 saturated heterocycles. The highest BCUT2D eigenvalue weighted by molar-refractivity contribution is 14.0. The Balaban J connectivity index is 0.00000480. The number of nitrogens with zero attached hydrogens (tertiary/aromatic N) is 1. The number of hydrogen-bond acceptors (Lipinski definition) is 3. The summed E-state index contributed by atoms with van der Waals surface area (Å²) in [6.07, 6.45) is 3.36. The molecule has 3 N–H and O–H groups in total. The molecule has 176 valence electrons. The largest absolute Gasteiger partial charge is 0.377 e. The van der Waals surface area contributed by atoms with Crippen LogP contribution in [0.3, 0.4) is 0 Å². The third-order valence-electron chi connectivity index (χ3n) is 5.77. The van der Waals surface area contributed by atoms with Crippen molar-refractivity contribution in [1.82, 2.24) is 10.6 Å². The molecule has 7 heteroatoms. The molecule has 3 atom stereocenters. The minimum atomic E-state index is 0. The summed E-state index contributed by atoms with van der Waals surface area (Å²) in [6, 6.07) is 7.94. The number of anilines is 1. The molecule has 2 rings (SSSR count). The van der Waals surface area contributed by atoms with Crippen molar-refractivity contribution in [3.8, 4) is 0 Å². The summed E-state index contributed by atoms with van der Waals surface area (Å²) in [6.45, 7) is 13.0. The molecule has 0 spiro atoms. The first kappa shape index (κ1) is 27.7. The van der Waals surface area contributed by atoms with Gasteiger partial charge in [0, 0.05) is 44.3 Å². The highest BCUT2D eigenvalue weighted by Crippen LogP contribution is 2.33. The molecular weight excluding hydrogens is 503 g/mol. The van der Waals surface area contributed by atoms with Crippen LogP contribution >= 0.6 is 24.0 Å². The Kier molecular flexibility index (Phi) is 11.8. The summed E-state index contributed by atoms with van der Waals surface area (Å²) in [5.74, 6) is 1.32. The Hall–Kier alpha value is -1.35. The van der Waals surface area contributed by atoms with E-state index in [1.54, 1.807) is 7.05 Å². The highest BCUT2D eigenvalue weighted by Gasteiger charge is 2.35. The van der Waals surface area contributed by atoms with Crippen molar-refractivity contribution in [2.45, 2.75) is 66.5 Å². The average Bonchev–Trinajstić information content (AvgIpc) is 2.73. The number of benzene rings is 1. The van der Waals surface area contributed by atoms with Crippen molar-refractivity contribution in [2.24, 2.45) is 22.2 Å². The average molecular weight is 545 g/mol. The van der Waals surface area contributed by atoms with Crippen LogP contribution < -0.4 is 16.0 Å². The molecule has 0 bridgehead atoms. The van der Waals surface area contributed by atoms with Crippen molar-refractivity contribution in [3.63, 3.8) is 0 Å². The summed E-state index contributed by atoms with van der Waals surface area (Å²) in [5, 5.41) is 9.84. The number of hydrogen-bond donors (Lipinski definition) is 3. The predicted octanol–water partition coefficient (Wildman–Crippen LogP) is 4.80. The maximum Gasteiger partial charge on any atom is 0.227 e. The first-order chi connectivity index (χ1) is 14.2. The molecule has 1 aromatic carbocycles. The number of carbonyl (C=O) groups is 1. The first-order valence-corrected chi connectivity index (χ1v) is 11.2. The second-order valence-corrected chi connectivity index (χ2v) is 9.37.